The fourth-order valence-corrected chi connectivity index (χ4v) is 5.30. The number of carbonyl (C=O) groups excluding carboxylic acids is 1. The number of allylic oxidation sites excluding steroid dienone is 2. The number of hydrogen-bond acceptors (Lipinski definition) is 3. The Labute approximate surface area is 160 Å². The van der Waals surface area contributed by atoms with Crippen LogP contribution < -0.4 is 0 Å². The lowest BCUT2D eigenvalue weighted by atomic mass is 9.52. The number of benzene rings is 1. The molecule has 1 aromatic carbocycles. The number of rotatable bonds is 2. The predicted octanol–water partition coefficient (Wildman–Crippen LogP) is 3.89. The van der Waals surface area contributed by atoms with Gasteiger partial charge in [-0.15, -0.1) is 0 Å². The van der Waals surface area contributed by atoms with Crippen LogP contribution in [0.4, 0.5) is 0 Å². The van der Waals surface area contributed by atoms with E-state index in [0.717, 1.165) is 25.0 Å². The van der Waals surface area contributed by atoms with Gasteiger partial charge in [0.05, 0.1) is 11.3 Å². The molecule has 2 aliphatic carbocycles. The number of nitriles is 1. The third-order valence-electron chi connectivity index (χ3n) is 6.67. The zero-order valence-electron chi connectivity index (χ0n) is 16.4. The number of aromatic nitrogens is 2. The second-order valence-electron chi connectivity index (χ2n) is 8.65. The van der Waals surface area contributed by atoms with Gasteiger partial charge in [0, 0.05) is 30.0 Å². The summed E-state index contributed by atoms with van der Waals surface area (Å²) in [6.45, 7) is 6.13. The van der Waals surface area contributed by atoms with E-state index in [4.69, 9.17) is 5.10 Å². The van der Waals surface area contributed by atoms with E-state index in [2.05, 4.69) is 37.3 Å². The van der Waals surface area contributed by atoms with E-state index in [0.29, 0.717) is 0 Å². The molecule has 0 radical (unpaired) electrons. The van der Waals surface area contributed by atoms with Crippen molar-refractivity contribution in [2.24, 2.45) is 18.4 Å². The number of nitrogens with zero attached hydrogens (tertiary/aromatic N) is 3. The summed E-state index contributed by atoms with van der Waals surface area (Å²) in [5.74, 6) is 0.123. The van der Waals surface area contributed by atoms with E-state index in [-0.39, 0.29) is 22.7 Å². The van der Waals surface area contributed by atoms with Gasteiger partial charge in [-0.3, -0.25) is 9.48 Å². The second kappa shape index (κ2) is 5.92. The first-order valence-corrected chi connectivity index (χ1v) is 9.56. The lowest BCUT2D eigenvalue weighted by Crippen LogP contribution is -2.51. The van der Waals surface area contributed by atoms with Crippen molar-refractivity contribution in [3.8, 4) is 6.07 Å². The van der Waals surface area contributed by atoms with E-state index in [9.17, 15) is 10.1 Å². The van der Waals surface area contributed by atoms with Crippen LogP contribution in [0.5, 0.6) is 0 Å². The number of fused-ring (bicyclic) bond motifs is 3. The molecule has 138 valence electrons. The highest BCUT2D eigenvalue weighted by Gasteiger charge is 2.55. The number of Topliss-reactive ketones (excluding diaryl/α,β-unsaturated/α-hetero) is 1. The van der Waals surface area contributed by atoms with Crippen molar-refractivity contribution >= 4 is 5.78 Å². The normalized spacial score (nSPS) is 26.0. The molecule has 0 bridgehead atoms. The summed E-state index contributed by atoms with van der Waals surface area (Å²) >= 11 is 0. The van der Waals surface area contributed by atoms with Gasteiger partial charge in [0.1, 0.15) is 6.07 Å². The third-order valence-corrected chi connectivity index (χ3v) is 6.67. The van der Waals surface area contributed by atoms with Crippen molar-refractivity contribution in [1.29, 1.82) is 5.26 Å². The fraction of sp³-hybridized carbons (Fsp3) is 0.435. The van der Waals surface area contributed by atoms with Crippen LogP contribution in [0.25, 0.3) is 0 Å². The summed E-state index contributed by atoms with van der Waals surface area (Å²) in [4.78, 5) is 12.8. The van der Waals surface area contributed by atoms with Gasteiger partial charge in [-0.1, -0.05) is 57.2 Å². The van der Waals surface area contributed by atoms with Crippen molar-refractivity contribution in [2.45, 2.75) is 45.4 Å². The summed E-state index contributed by atoms with van der Waals surface area (Å²) in [7, 11) is 2.00. The molecule has 0 N–H and O–H groups in total. The molecule has 0 unspecified atom stereocenters. The smallest absolute Gasteiger partial charge is 0.178 e. The van der Waals surface area contributed by atoms with Gasteiger partial charge in [-0.2, -0.15) is 10.4 Å². The summed E-state index contributed by atoms with van der Waals surface area (Å²) in [6.07, 6.45) is 4.60. The molecule has 4 heteroatoms. The molecule has 4 rings (SSSR count). The molecule has 0 saturated heterocycles. The highest BCUT2D eigenvalue weighted by atomic mass is 16.1. The highest BCUT2D eigenvalue weighted by Crippen LogP contribution is 2.54. The van der Waals surface area contributed by atoms with Crippen molar-refractivity contribution in [3.63, 3.8) is 0 Å². The lowest BCUT2D eigenvalue weighted by Gasteiger charge is -2.49. The molecule has 27 heavy (non-hydrogen) atoms. The zero-order chi connectivity index (χ0) is 19.4. The van der Waals surface area contributed by atoms with Gasteiger partial charge in [-0.05, 0) is 29.9 Å². The van der Waals surface area contributed by atoms with Crippen LogP contribution >= 0.6 is 0 Å². The maximum Gasteiger partial charge on any atom is 0.178 e. The third kappa shape index (κ3) is 2.49. The van der Waals surface area contributed by atoms with Gasteiger partial charge in [0.2, 0.25) is 0 Å². The maximum absolute atomic E-state index is 12.8. The summed E-state index contributed by atoms with van der Waals surface area (Å²) in [6, 6.07) is 12.6. The van der Waals surface area contributed by atoms with Crippen molar-refractivity contribution in [1.82, 2.24) is 9.78 Å². The first-order valence-electron chi connectivity index (χ1n) is 9.56. The SMILES string of the molecule is Cn1nc2c(c1Cc1ccccc1)CC[C@H]1C(C)(C)C(=O)C(C#N)=C[C@]21C. The van der Waals surface area contributed by atoms with E-state index in [1.165, 1.54) is 16.8 Å². The first kappa shape index (κ1) is 17.7. The Kier molecular flexibility index (Phi) is 3.89. The second-order valence-corrected chi connectivity index (χ2v) is 8.65. The van der Waals surface area contributed by atoms with E-state index in [1.807, 2.05) is 37.7 Å². The molecule has 2 aliphatic rings. The van der Waals surface area contributed by atoms with E-state index in [1.54, 1.807) is 0 Å². The molecule has 2 atom stereocenters. The van der Waals surface area contributed by atoms with Crippen LogP contribution in [0.3, 0.4) is 0 Å². The van der Waals surface area contributed by atoms with Crippen molar-refractivity contribution in [3.05, 3.63) is 64.5 Å². The zero-order valence-corrected chi connectivity index (χ0v) is 16.4. The molecule has 1 aromatic heterocycles. The largest absolute Gasteiger partial charge is 0.293 e. The van der Waals surface area contributed by atoms with Crippen molar-refractivity contribution < 1.29 is 4.79 Å². The molecular weight excluding hydrogens is 334 g/mol. The molecular formula is C23H25N3O. The Morgan fingerprint density at radius 3 is 2.63 bits per heavy atom. The number of carbonyl (C=O) groups is 1. The minimum Gasteiger partial charge on any atom is -0.293 e. The van der Waals surface area contributed by atoms with Gasteiger partial charge < -0.3 is 0 Å². The Bertz CT molecular complexity index is 991. The van der Waals surface area contributed by atoms with Crippen LogP contribution in [0.15, 0.2) is 42.0 Å². The Morgan fingerprint density at radius 2 is 1.96 bits per heavy atom. The monoisotopic (exact) mass is 359 g/mol. The number of aryl methyl sites for hydroxylation is 1. The molecule has 0 fully saturated rings. The summed E-state index contributed by atoms with van der Waals surface area (Å²) < 4.78 is 1.99. The minimum absolute atomic E-state index is 0.0311. The van der Waals surface area contributed by atoms with E-state index >= 15 is 0 Å². The fourth-order valence-electron chi connectivity index (χ4n) is 5.30. The van der Waals surface area contributed by atoms with Gasteiger partial charge in [0.25, 0.3) is 0 Å². The van der Waals surface area contributed by atoms with Gasteiger partial charge in [-0.25, -0.2) is 0 Å². The molecule has 1 heterocycles. The van der Waals surface area contributed by atoms with Crippen LogP contribution in [-0.4, -0.2) is 15.6 Å². The van der Waals surface area contributed by atoms with Crippen LogP contribution in [0.1, 0.15) is 49.7 Å². The molecule has 0 saturated carbocycles. The molecule has 0 amide bonds. The van der Waals surface area contributed by atoms with Gasteiger partial charge >= 0.3 is 0 Å². The Hall–Kier alpha value is -2.67. The standard InChI is InChI=1S/C23H25N3O/c1-22(2)19-11-10-17-18(12-15-8-6-5-7-9-15)26(4)25-20(17)23(19,3)13-16(14-24)21(22)27/h5-9,13,19H,10-12H2,1-4H3/t19-,23-/m0/s1. The molecule has 2 aromatic rings. The lowest BCUT2D eigenvalue weighted by molar-refractivity contribution is -0.128. The van der Waals surface area contributed by atoms with Crippen molar-refractivity contribution in [2.75, 3.05) is 0 Å². The molecule has 0 spiro atoms. The highest BCUT2D eigenvalue weighted by molar-refractivity contribution is 6.04. The maximum atomic E-state index is 12.8. The van der Waals surface area contributed by atoms with Crippen LogP contribution in [0, 0.1) is 22.7 Å². The predicted molar refractivity (Wildman–Crippen MR) is 104 cm³/mol. The van der Waals surface area contributed by atoms with E-state index < -0.39 is 5.41 Å². The Morgan fingerprint density at radius 1 is 1.26 bits per heavy atom. The average molecular weight is 359 g/mol. The summed E-state index contributed by atoms with van der Waals surface area (Å²) in [5, 5.41) is 14.5. The average Bonchev–Trinajstić information content (AvgIpc) is 2.96. The molecule has 0 aliphatic heterocycles. The van der Waals surface area contributed by atoms with Crippen LogP contribution in [0.2, 0.25) is 0 Å². The minimum atomic E-state index is -0.552. The molecule has 4 nitrogen and oxygen atoms in total. The number of ketones is 1. The Balaban J connectivity index is 1.86. The quantitative estimate of drug-likeness (QED) is 0.817. The number of hydrogen-bond donors (Lipinski definition) is 0. The van der Waals surface area contributed by atoms with Gasteiger partial charge in [0.15, 0.2) is 5.78 Å². The van der Waals surface area contributed by atoms with Crippen LogP contribution in [-0.2, 0) is 30.1 Å². The topological polar surface area (TPSA) is 58.7 Å². The first-order chi connectivity index (χ1) is 12.8. The summed E-state index contributed by atoms with van der Waals surface area (Å²) in [5.41, 5.74) is 4.17.